The van der Waals surface area contributed by atoms with Gasteiger partial charge in [0.25, 0.3) is 0 Å². The molecule has 2 aromatic heterocycles. The Kier molecular flexibility index (Phi) is 8.59. The number of anilines is 1. The van der Waals surface area contributed by atoms with Crippen LogP contribution in [0.3, 0.4) is 0 Å². The molecule has 0 aliphatic heterocycles. The van der Waals surface area contributed by atoms with Crippen LogP contribution in [0, 0.1) is 16.4 Å². The first kappa shape index (κ1) is 25.4. The number of ether oxygens (including phenoxy) is 1. The lowest BCUT2D eigenvalue weighted by Crippen LogP contribution is -2.23. The first-order valence-corrected chi connectivity index (χ1v) is 15.7. The minimum atomic E-state index is -1.20. The molecule has 0 aliphatic rings. The van der Waals surface area contributed by atoms with Crippen molar-refractivity contribution in [3.8, 4) is 0 Å². The van der Waals surface area contributed by atoms with Gasteiger partial charge < -0.3 is 14.6 Å². The van der Waals surface area contributed by atoms with Crippen LogP contribution in [0.5, 0.6) is 0 Å². The van der Waals surface area contributed by atoms with Crippen molar-refractivity contribution in [2.24, 2.45) is 0 Å². The van der Waals surface area contributed by atoms with Crippen molar-refractivity contribution >= 4 is 59.7 Å². The van der Waals surface area contributed by atoms with Crippen molar-refractivity contribution < 1.29 is 9.13 Å². The lowest BCUT2D eigenvalue weighted by atomic mass is 10.1. The van der Waals surface area contributed by atoms with Crippen molar-refractivity contribution in [2.45, 2.75) is 45.4 Å². The molecule has 0 saturated carbocycles. The second kappa shape index (κ2) is 10.8. The second-order valence-electron chi connectivity index (χ2n) is 8.73. The number of hydrogen-bond donors (Lipinski definition) is 1. The molecule has 0 bridgehead atoms. The van der Waals surface area contributed by atoms with Gasteiger partial charge >= 0.3 is 0 Å². The predicted octanol–water partition coefficient (Wildman–Crippen LogP) is 7.15. The van der Waals surface area contributed by atoms with Crippen LogP contribution in [0.4, 0.5) is 10.2 Å². The van der Waals surface area contributed by atoms with E-state index >= 15 is 0 Å². The normalized spacial score (nSPS) is 12.8. The van der Waals surface area contributed by atoms with Crippen LogP contribution in [0.15, 0.2) is 36.5 Å². The molecule has 0 spiro atoms. The average Bonchev–Trinajstić information content (AvgIpc) is 3.00. The number of rotatable bonds is 9. The zero-order valence-corrected chi connectivity index (χ0v) is 23.1. The third-order valence-corrected chi connectivity index (χ3v) is 8.22. The van der Waals surface area contributed by atoms with E-state index in [1.807, 2.05) is 11.5 Å². The van der Waals surface area contributed by atoms with Gasteiger partial charge in [0.15, 0.2) is 0 Å². The summed E-state index contributed by atoms with van der Waals surface area (Å²) in [5.74, 6) is 0.811. The van der Waals surface area contributed by atoms with Crippen molar-refractivity contribution in [1.82, 2.24) is 14.5 Å². The molecular formula is C22H26Cl2FIN4OSi. The highest BCUT2D eigenvalue weighted by molar-refractivity contribution is 14.1. The summed E-state index contributed by atoms with van der Waals surface area (Å²) in [4.78, 5) is 9.13. The standard InChI is InChI=1S/C22H26Cl2FIN4OSi/c1-14-21(26)29-22(30(14)13-31-9-10-32(2,3)4)20(15-5-7-17(24)18(25)11-15)28-19-8-6-16(23)12-27-19/h5-8,11-12,20H,9-10,13H2,1-4H3,(H,27,28). The van der Waals surface area contributed by atoms with Gasteiger partial charge in [-0.3, -0.25) is 0 Å². The van der Waals surface area contributed by atoms with Crippen molar-refractivity contribution in [3.05, 3.63) is 73.2 Å². The number of hydrogen-bond acceptors (Lipinski definition) is 4. The molecule has 0 saturated heterocycles. The lowest BCUT2D eigenvalue weighted by Gasteiger charge is -2.22. The van der Waals surface area contributed by atoms with Gasteiger partial charge in [-0.15, -0.1) is 0 Å². The van der Waals surface area contributed by atoms with Gasteiger partial charge in [-0.2, -0.15) is 0 Å². The Hall–Kier alpha value is -1.20. The molecule has 3 rings (SSSR count). The van der Waals surface area contributed by atoms with Gasteiger partial charge in [0.2, 0.25) is 0 Å². The number of nitrogens with one attached hydrogen (secondary N) is 1. The second-order valence-corrected chi connectivity index (χ2v) is 16.2. The number of pyridine rings is 1. The summed E-state index contributed by atoms with van der Waals surface area (Å²) in [6.07, 6.45) is 1.56. The van der Waals surface area contributed by atoms with Gasteiger partial charge in [-0.25, -0.2) is 14.4 Å². The number of benzene rings is 1. The van der Waals surface area contributed by atoms with Gasteiger partial charge in [-0.05, 0) is 65.4 Å². The van der Waals surface area contributed by atoms with Crippen LogP contribution >= 0.6 is 45.8 Å². The summed E-state index contributed by atoms with van der Waals surface area (Å²) < 4.78 is 23.3. The molecule has 1 N–H and O–H groups in total. The molecule has 0 amide bonds. The summed E-state index contributed by atoms with van der Waals surface area (Å²) in [6, 6.07) is 8.88. The third kappa shape index (κ3) is 6.66. The number of aromatic nitrogens is 3. The molecule has 10 heteroatoms. The molecule has 32 heavy (non-hydrogen) atoms. The average molecular weight is 607 g/mol. The molecule has 1 aromatic carbocycles. The van der Waals surface area contributed by atoms with Gasteiger partial charge in [0.1, 0.15) is 33.9 Å². The van der Waals surface area contributed by atoms with Crippen molar-refractivity contribution in [2.75, 3.05) is 11.9 Å². The van der Waals surface area contributed by atoms with Crippen LogP contribution in [-0.2, 0) is 11.5 Å². The topological polar surface area (TPSA) is 52.0 Å². The van der Waals surface area contributed by atoms with Gasteiger partial charge in [0, 0.05) is 20.9 Å². The van der Waals surface area contributed by atoms with Crippen molar-refractivity contribution in [3.63, 3.8) is 0 Å². The molecule has 1 unspecified atom stereocenters. The Balaban J connectivity index is 1.97. The largest absolute Gasteiger partial charge is 0.361 e. The Morgan fingerprint density at radius 2 is 1.97 bits per heavy atom. The van der Waals surface area contributed by atoms with Crippen LogP contribution in [0.25, 0.3) is 0 Å². The molecule has 172 valence electrons. The van der Waals surface area contributed by atoms with E-state index in [9.17, 15) is 4.39 Å². The molecule has 1 atom stereocenters. The summed E-state index contributed by atoms with van der Waals surface area (Å²) in [5.41, 5.74) is 1.66. The Bertz CT molecular complexity index is 1070. The zero-order chi connectivity index (χ0) is 23.5. The lowest BCUT2D eigenvalue weighted by molar-refractivity contribution is 0.0835. The highest BCUT2D eigenvalue weighted by Crippen LogP contribution is 2.30. The molecule has 3 aromatic rings. The summed E-state index contributed by atoms with van der Waals surface area (Å²) in [6.45, 7) is 10.0. The van der Waals surface area contributed by atoms with E-state index in [2.05, 4.69) is 52.5 Å². The number of halogens is 4. The fraction of sp³-hybridized carbons (Fsp3) is 0.364. The quantitative estimate of drug-likeness (QED) is 0.160. The van der Waals surface area contributed by atoms with E-state index in [-0.39, 0.29) is 5.02 Å². The molecule has 0 fully saturated rings. The highest BCUT2D eigenvalue weighted by Gasteiger charge is 2.25. The molecule has 0 aliphatic carbocycles. The molecular weight excluding hydrogens is 581 g/mol. The maximum absolute atomic E-state index is 14.3. The first-order chi connectivity index (χ1) is 15.0. The fourth-order valence-electron chi connectivity index (χ4n) is 3.04. The highest BCUT2D eigenvalue weighted by atomic mass is 127. The summed E-state index contributed by atoms with van der Waals surface area (Å²) in [5, 5.41) is 3.97. The SMILES string of the molecule is Cc1c(I)nc(C(Nc2ccc(Cl)cn2)c2ccc(Cl)c(F)c2)n1COCC[Si](C)(C)C. The third-order valence-electron chi connectivity index (χ3n) is 4.96. The zero-order valence-electron chi connectivity index (χ0n) is 18.4. The maximum Gasteiger partial charge on any atom is 0.142 e. The minimum Gasteiger partial charge on any atom is -0.361 e. The van der Waals surface area contributed by atoms with Crippen molar-refractivity contribution in [1.29, 1.82) is 0 Å². The summed E-state index contributed by atoms with van der Waals surface area (Å²) >= 11 is 14.1. The van der Waals surface area contributed by atoms with E-state index in [0.29, 0.717) is 35.6 Å². The van der Waals surface area contributed by atoms with Crippen LogP contribution < -0.4 is 5.32 Å². The number of nitrogens with zero attached hydrogens (tertiary/aromatic N) is 3. The van der Waals surface area contributed by atoms with E-state index < -0.39 is 19.9 Å². The minimum absolute atomic E-state index is 0.0703. The Morgan fingerprint density at radius 3 is 2.59 bits per heavy atom. The Labute approximate surface area is 212 Å². The van der Waals surface area contributed by atoms with Crippen LogP contribution in [0.2, 0.25) is 35.7 Å². The number of imidazole rings is 1. The monoisotopic (exact) mass is 606 g/mol. The van der Waals surface area contributed by atoms with E-state index in [4.69, 9.17) is 32.9 Å². The van der Waals surface area contributed by atoms with E-state index in [1.54, 1.807) is 30.5 Å². The van der Waals surface area contributed by atoms with E-state index in [1.165, 1.54) is 6.07 Å². The van der Waals surface area contributed by atoms with Crippen LogP contribution in [0.1, 0.15) is 23.1 Å². The predicted molar refractivity (Wildman–Crippen MR) is 140 cm³/mol. The summed E-state index contributed by atoms with van der Waals surface area (Å²) in [7, 11) is -1.20. The molecule has 2 heterocycles. The van der Waals surface area contributed by atoms with Gasteiger partial charge in [0.05, 0.1) is 15.7 Å². The van der Waals surface area contributed by atoms with Crippen LogP contribution in [-0.4, -0.2) is 29.2 Å². The van der Waals surface area contributed by atoms with E-state index in [0.717, 1.165) is 15.4 Å². The molecule has 5 nitrogen and oxygen atoms in total. The molecule has 0 radical (unpaired) electrons. The maximum atomic E-state index is 14.3. The smallest absolute Gasteiger partial charge is 0.142 e. The fourth-order valence-corrected chi connectivity index (χ4v) is 4.56. The first-order valence-electron chi connectivity index (χ1n) is 10.2. The Morgan fingerprint density at radius 1 is 1.22 bits per heavy atom. The van der Waals surface area contributed by atoms with Gasteiger partial charge in [-0.1, -0.05) is 48.9 Å².